The van der Waals surface area contributed by atoms with Crippen LogP contribution in [0.1, 0.15) is 50.9 Å². The smallest absolute Gasteiger partial charge is 0.267 e. The number of anilines is 1. The lowest BCUT2D eigenvalue weighted by Gasteiger charge is -2.24. The molecule has 0 saturated carbocycles. The summed E-state index contributed by atoms with van der Waals surface area (Å²) in [7, 11) is 0. The number of hydrogen-bond acceptors (Lipinski definition) is 4. The number of nitrogens with one attached hydrogen (secondary N) is 1. The Bertz CT molecular complexity index is 642. The van der Waals surface area contributed by atoms with Gasteiger partial charge < -0.3 is 4.90 Å². The minimum atomic E-state index is -0.601. The van der Waals surface area contributed by atoms with E-state index in [0.717, 1.165) is 37.2 Å². The molecule has 0 aromatic heterocycles. The summed E-state index contributed by atoms with van der Waals surface area (Å²) >= 11 is 0. The topological polar surface area (TPSA) is 69.6 Å². The van der Waals surface area contributed by atoms with Gasteiger partial charge in [-0.05, 0) is 44.0 Å². The van der Waals surface area contributed by atoms with Gasteiger partial charge in [0.1, 0.15) is 0 Å². The van der Waals surface area contributed by atoms with Gasteiger partial charge in [0.2, 0.25) is 0 Å². The van der Waals surface area contributed by atoms with Crippen LogP contribution >= 0.6 is 0 Å². The first-order chi connectivity index (χ1) is 12.4. The van der Waals surface area contributed by atoms with Crippen molar-refractivity contribution >= 4 is 17.4 Å². The van der Waals surface area contributed by atoms with Gasteiger partial charge in [0.15, 0.2) is 5.78 Å². The summed E-state index contributed by atoms with van der Waals surface area (Å²) in [4.78, 5) is 25.9. The fourth-order valence-corrected chi connectivity index (χ4v) is 2.78. The van der Waals surface area contributed by atoms with Crippen LogP contribution in [0, 0.1) is 5.92 Å². The van der Waals surface area contributed by atoms with Crippen molar-refractivity contribution in [3.8, 4) is 0 Å². The van der Waals surface area contributed by atoms with Crippen molar-refractivity contribution in [2.45, 2.75) is 40.5 Å². The van der Waals surface area contributed by atoms with Gasteiger partial charge in [0, 0.05) is 36.3 Å². The number of carbonyl (C=O) groups excluding carboxylic acids is 2. The number of benzene rings is 1. The maximum atomic E-state index is 12.6. The van der Waals surface area contributed by atoms with Gasteiger partial charge in [-0.1, -0.05) is 38.5 Å². The molecule has 1 atom stereocenters. The highest BCUT2D eigenvalue weighted by atomic mass is 16.5. The number of amides is 1. The zero-order chi connectivity index (χ0) is 19.5. The lowest BCUT2D eigenvalue weighted by Crippen LogP contribution is -2.24. The summed E-state index contributed by atoms with van der Waals surface area (Å²) in [6.45, 7) is 9.98. The van der Waals surface area contributed by atoms with Crippen molar-refractivity contribution in [2.75, 3.05) is 18.0 Å². The molecule has 1 aromatic rings. The van der Waals surface area contributed by atoms with Crippen LogP contribution in [0.25, 0.3) is 0 Å². The highest BCUT2D eigenvalue weighted by Gasteiger charge is 2.14. The van der Waals surface area contributed by atoms with E-state index in [4.69, 9.17) is 5.21 Å². The molecule has 5 nitrogen and oxygen atoms in total. The molecule has 0 bridgehead atoms. The molecule has 142 valence electrons. The van der Waals surface area contributed by atoms with Gasteiger partial charge in [-0.25, -0.2) is 5.48 Å². The maximum absolute atomic E-state index is 12.6. The van der Waals surface area contributed by atoms with Crippen LogP contribution in [-0.2, 0) is 4.79 Å². The maximum Gasteiger partial charge on any atom is 0.267 e. The van der Waals surface area contributed by atoms with Crippen molar-refractivity contribution in [3.05, 3.63) is 53.6 Å². The molecule has 0 radical (unpaired) electrons. The SMILES string of the molecule is CCCN(CCC)c1ccc(C(=O)[C@H](C)C=C(C)C=CC(=O)NO)cc1. The zero-order valence-electron chi connectivity index (χ0n) is 16.2. The first-order valence-corrected chi connectivity index (χ1v) is 9.12. The molecule has 1 rings (SSSR count). The summed E-state index contributed by atoms with van der Waals surface area (Å²) in [5.41, 5.74) is 4.13. The molecule has 1 amide bonds. The molecule has 1 aromatic carbocycles. The predicted molar refractivity (Wildman–Crippen MR) is 106 cm³/mol. The second kappa shape index (κ2) is 11.3. The average Bonchev–Trinajstić information content (AvgIpc) is 2.65. The van der Waals surface area contributed by atoms with Crippen LogP contribution in [0.5, 0.6) is 0 Å². The number of hydrogen-bond donors (Lipinski definition) is 2. The van der Waals surface area contributed by atoms with Gasteiger partial charge in [-0.15, -0.1) is 0 Å². The lowest BCUT2D eigenvalue weighted by atomic mass is 9.97. The van der Waals surface area contributed by atoms with E-state index in [9.17, 15) is 9.59 Å². The van der Waals surface area contributed by atoms with Crippen molar-refractivity contribution in [1.82, 2.24) is 5.48 Å². The van der Waals surface area contributed by atoms with E-state index in [1.165, 1.54) is 11.6 Å². The van der Waals surface area contributed by atoms with Crippen LogP contribution in [0.15, 0.2) is 48.1 Å². The quantitative estimate of drug-likeness (QED) is 0.217. The third-order valence-corrected chi connectivity index (χ3v) is 4.04. The number of allylic oxidation sites excluding steroid dienone is 3. The summed E-state index contributed by atoms with van der Waals surface area (Å²) in [6.07, 6.45) is 6.75. The Morgan fingerprint density at radius 2 is 1.69 bits per heavy atom. The summed E-state index contributed by atoms with van der Waals surface area (Å²) < 4.78 is 0. The lowest BCUT2D eigenvalue weighted by molar-refractivity contribution is -0.124. The number of hydroxylamine groups is 1. The molecule has 0 heterocycles. The number of nitrogens with zero attached hydrogens (tertiary/aromatic N) is 1. The van der Waals surface area contributed by atoms with Crippen LogP contribution in [0.4, 0.5) is 5.69 Å². The van der Waals surface area contributed by atoms with Crippen LogP contribution in [0.3, 0.4) is 0 Å². The van der Waals surface area contributed by atoms with Crippen LogP contribution in [-0.4, -0.2) is 30.0 Å². The van der Waals surface area contributed by atoms with Gasteiger partial charge in [0.05, 0.1) is 0 Å². The van der Waals surface area contributed by atoms with Crippen LogP contribution in [0.2, 0.25) is 0 Å². The molecule has 26 heavy (non-hydrogen) atoms. The van der Waals surface area contributed by atoms with Crippen molar-refractivity contribution < 1.29 is 14.8 Å². The minimum absolute atomic E-state index is 0.0356. The number of Topliss-reactive ketones (excluding diaryl/α,β-unsaturated/α-hetero) is 1. The largest absolute Gasteiger partial charge is 0.372 e. The van der Waals surface area contributed by atoms with E-state index in [1.807, 2.05) is 31.2 Å². The molecule has 0 saturated heterocycles. The van der Waals surface area contributed by atoms with Gasteiger partial charge in [0.25, 0.3) is 5.91 Å². The minimum Gasteiger partial charge on any atom is -0.372 e. The Morgan fingerprint density at radius 3 is 2.19 bits per heavy atom. The Balaban J connectivity index is 2.83. The summed E-state index contributed by atoms with van der Waals surface area (Å²) in [5, 5.41) is 8.47. The third kappa shape index (κ3) is 6.84. The molecule has 5 heteroatoms. The van der Waals surface area contributed by atoms with Crippen molar-refractivity contribution in [2.24, 2.45) is 5.92 Å². The molecular formula is C21H30N2O3. The fraction of sp³-hybridized carbons (Fsp3) is 0.429. The number of ketones is 1. The molecule has 0 spiro atoms. The van der Waals surface area contributed by atoms with Crippen molar-refractivity contribution in [3.63, 3.8) is 0 Å². The van der Waals surface area contributed by atoms with E-state index >= 15 is 0 Å². The second-order valence-corrected chi connectivity index (χ2v) is 6.41. The second-order valence-electron chi connectivity index (χ2n) is 6.41. The normalized spacial score (nSPS) is 12.9. The van der Waals surface area contributed by atoms with Crippen molar-refractivity contribution in [1.29, 1.82) is 0 Å². The van der Waals surface area contributed by atoms with Gasteiger partial charge in [-0.2, -0.15) is 0 Å². The van der Waals surface area contributed by atoms with E-state index < -0.39 is 5.91 Å². The van der Waals surface area contributed by atoms with E-state index in [-0.39, 0.29) is 11.7 Å². The predicted octanol–water partition coefficient (Wildman–Crippen LogP) is 4.14. The number of carbonyl (C=O) groups is 2. The van der Waals surface area contributed by atoms with E-state index in [0.29, 0.717) is 5.56 Å². The molecule has 0 aliphatic heterocycles. The monoisotopic (exact) mass is 358 g/mol. The summed E-state index contributed by atoms with van der Waals surface area (Å²) in [5.74, 6) is -0.866. The molecule has 0 unspecified atom stereocenters. The highest BCUT2D eigenvalue weighted by Crippen LogP contribution is 2.19. The molecule has 2 N–H and O–H groups in total. The van der Waals surface area contributed by atoms with E-state index in [2.05, 4.69) is 18.7 Å². The third-order valence-electron chi connectivity index (χ3n) is 4.04. The Kier molecular flexibility index (Phi) is 9.37. The first-order valence-electron chi connectivity index (χ1n) is 9.12. The van der Waals surface area contributed by atoms with Gasteiger partial charge >= 0.3 is 0 Å². The standard InChI is InChI=1S/C21H30N2O3/c1-5-13-23(14-6-2)19-10-8-18(9-11-19)21(25)17(4)15-16(3)7-12-20(24)22-26/h7-12,15,17,26H,5-6,13-14H2,1-4H3,(H,22,24)/t17-/m1/s1. The van der Waals surface area contributed by atoms with Crippen LogP contribution < -0.4 is 10.4 Å². The summed E-state index contributed by atoms with van der Waals surface area (Å²) in [6, 6.07) is 7.77. The molecule has 0 fully saturated rings. The first kappa shape index (κ1) is 21.6. The molecular weight excluding hydrogens is 328 g/mol. The zero-order valence-corrected chi connectivity index (χ0v) is 16.2. The van der Waals surface area contributed by atoms with Gasteiger partial charge in [-0.3, -0.25) is 14.8 Å². The average molecular weight is 358 g/mol. The number of rotatable bonds is 10. The highest BCUT2D eigenvalue weighted by molar-refractivity contribution is 5.99. The fourth-order valence-electron chi connectivity index (χ4n) is 2.78. The van der Waals surface area contributed by atoms with E-state index in [1.54, 1.807) is 19.1 Å². The molecule has 0 aliphatic rings. The Morgan fingerprint density at radius 1 is 1.12 bits per heavy atom. The Labute approximate surface area is 156 Å². The Hall–Kier alpha value is -2.40. The molecule has 0 aliphatic carbocycles.